The summed E-state index contributed by atoms with van der Waals surface area (Å²) in [5.74, 6) is -0.947. The van der Waals surface area contributed by atoms with Crippen molar-refractivity contribution in [1.82, 2.24) is 0 Å². The van der Waals surface area contributed by atoms with E-state index in [1.807, 2.05) is 36.5 Å². The normalized spacial score (nSPS) is 14.2. The molecule has 0 bridgehead atoms. The van der Waals surface area contributed by atoms with Crippen molar-refractivity contribution in [1.29, 1.82) is 0 Å². The number of aliphatic hydroxyl groups is 2. The molecule has 0 rings (SSSR count). The van der Waals surface area contributed by atoms with Gasteiger partial charge in [-0.2, -0.15) is 0 Å². The van der Waals surface area contributed by atoms with Gasteiger partial charge in [-0.3, -0.25) is 18.6 Å². The Kier molecular flexibility index (Phi) is 41.5. The molecule has 0 radical (unpaired) electrons. The standard InChI is InChI=1S/C47H85O10P/c1-3-5-7-9-11-13-15-17-19-20-21-22-23-25-26-28-30-32-34-36-38-46(50)54-42-45(43-56-58(52,53)55-41-44(49)40-48)57-47(51)39-37-35-33-31-29-27-24-18-16-14-12-10-8-6-4-2/h6,8,10,12,14,16,18,24,44-45,48-49H,3-5,7,9,11,13,15,17,19-23,25-43H2,1-2H3,(H,52,53)/b8-6+,12-10+,16-14+,24-18+/t44-,45-/m1/s1. The summed E-state index contributed by atoms with van der Waals surface area (Å²) in [4.78, 5) is 35.0. The lowest BCUT2D eigenvalue weighted by atomic mass is 10.0. The first-order valence-corrected chi connectivity index (χ1v) is 24.6. The molecule has 3 atom stereocenters. The fourth-order valence-electron chi connectivity index (χ4n) is 6.30. The van der Waals surface area contributed by atoms with Crippen LogP contribution in [-0.4, -0.2) is 65.7 Å². The van der Waals surface area contributed by atoms with Crippen molar-refractivity contribution in [3.63, 3.8) is 0 Å². The Bertz CT molecular complexity index is 1110. The Hall–Kier alpha value is -2.07. The van der Waals surface area contributed by atoms with Crippen LogP contribution >= 0.6 is 7.82 Å². The van der Waals surface area contributed by atoms with Crippen molar-refractivity contribution < 1.29 is 47.8 Å². The Morgan fingerprint density at radius 3 is 1.43 bits per heavy atom. The molecule has 0 aliphatic heterocycles. The van der Waals surface area contributed by atoms with E-state index in [1.165, 1.54) is 103 Å². The fraction of sp³-hybridized carbons (Fsp3) is 0.787. The predicted molar refractivity (Wildman–Crippen MR) is 237 cm³/mol. The van der Waals surface area contributed by atoms with Crippen LogP contribution in [0.4, 0.5) is 0 Å². The van der Waals surface area contributed by atoms with Crippen molar-refractivity contribution in [2.75, 3.05) is 26.4 Å². The summed E-state index contributed by atoms with van der Waals surface area (Å²) < 4.78 is 32.7. The van der Waals surface area contributed by atoms with E-state index in [9.17, 15) is 24.2 Å². The first-order valence-electron chi connectivity index (χ1n) is 23.1. The van der Waals surface area contributed by atoms with Crippen molar-refractivity contribution in [3.8, 4) is 0 Å². The summed E-state index contributed by atoms with van der Waals surface area (Å²) in [5, 5.41) is 18.3. The van der Waals surface area contributed by atoms with Gasteiger partial charge in [-0.1, -0.05) is 204 Å². The number of phosphoric acid groups is 1. The highest BCUT2D eigenvalue weighted by Crippen LogP contribution is 2.43. The minimum absolute atomic E-state index is 0.158. The van der Waals surface area contributed by atoms with E-state index >= 15 is 0 Å². The van der Waals surface area contributed by atoms with Gasteiger partial charge in [0, 0.05) is 12.8 Å². The number of allylic oxidation sites excluding steroid dienone is 8. The summed E-state index contributed by atoms with van der Waals surface area (Å²) in [6.45, 7) is 2.23. The van der Waals surface area contributed by atoms with Crippen LogP contribution in [0.3, 0.4) is 0 Å². The highest BCUT2D eigenvalue weighted by atomic mass is 31.2. The maximum atomic E-state index is 12.6. The Morgan fingerprint density at radius 1 is 0.534 bits per heavy atom. The van der Waals surface area contributed by atoms with Crippen LogP contribution in [0.15, 0.2) is 48.6 Å². The molecule has 10 nitrogen and oxygen atoms in total. The number of ether oxygens (including phenoxy) is 2. The van der Waals surface area contributed by atoms with Gasteiger partial charge in [-0.05, 0) is 32.1 Å². The third-order valence-corrected chi connectivity index (χ3v) is 10.8. The zero-order valence-corrected chi connectivity index (χ0v) is 37.6. The summed E-state index contributed by atoms with van der Waals surface area (Å²) in [7, 11) is -4.63. The summed E-state index contributed by atoms with van der Waals surface area (Å²) in [5.41, 5.74) is 0. The van der Waals surface area contributed by atoms with Gasteiger partial charge >= 0.3 is 19.8 Å². The minimum atomic E-state index is -4.63. The van der Waals surface area contributed by atoms with Crippen molar-refractivity contribution >= 4 is 19.8 Å². The smallest absolute Gasteiger partial charge is 0.462 e. The van der Waals surface area contributed by atoms with Gasteiger partial charge in [0.25, 0.3) is 0 Å². The average molecular weight is 841 g/mol. The third-order valence-electron chi connectivity index (χ3n) is 9.84. The maximum Gasteiger partial charge on any atom is 0.472 e. The lowest BCUT2D eigenvalue weighted by molar-refractivity contribution is -0.161. The molecule has 0 saturated heterocycles. The molecule has 338 valence electrons. The number of phosphoric ester groups is 1. The number of esters is 2. The molecule has 0 spiro atoms. The summed E-state index contributed by atoms with van der Waals surface area (Å²) >= 11 is 0. The van der Waals surface area contributed by atoms with Gasteiger partial charge in [-0.25, -0.2) is 4.57 Å². The van der Waals surface area contributed by atoms with Gasteiger partial charge in [-0.15, -0.1) is 0 Å². The second kappa shape index (κ2) is 43.0. The molecule has 58 heavy (non-hydrogen) atoms. The monoisotopic (exact) mass is 841 g/mol. The first kappa shape index (κ1) is 55.9. The number of carbonyl (C=O) groups is 2. The average Bonchev–Trinajstić information content (AvgIpc) is 3.21. The summed E-state index contributed by atoms with van der Waals surface area (Å²) in [6, 6.07) is 0. The SMILES string of the molecule is CC/C=C/C=C/C=C/C=C/CCCCCCCC(=O)O[C@H](COC(=O)CCCCCCCCCCCCCCCCCCCCCC)COP(=O)(O)OC[C@H](O)CO. The quantitative estimate of drug-likeness (QED) is 0.0234. The molecule has 0 aromatic carbocycles. The number of aliphatic hydroxyl groups excluding tert-OH is 2. The Balaban J connectivity index is 4.23. The van der Waals surface area contributed by atoms with Crippen LogP contribution in [0.1, 0.15) is 200 Å². The first-order chi connectivity index (χ1) is 28.2. The minimum Gasteiger partial charge on any atom is -0.462 e. The molecule has 0 fully saturated rings. The molecule has 3 N–H and O–H groups in total. The summed E-state index contributed by atoms with van der Waals surface area (Å²) in [6.07, 6.45) is 46.5. The van der Waals surface area contributed by atoms with Crippen molar-refractivity contribution in [3.05, 3.63) is 48.6 Å². The van der Waals surface area contributed by atoms with E-state index in [1.54, 1.807) is 0 Å². The second-order valence-electron chi connectivity index (χ2n) is 15.5. The zero-order chi connectivity index (χ0) is 42.6. The van der Waals surface area contributed by atoms with Gasteiger partial charge in [0.15, 0.2) is 6.10 Å². The van der Waals surface area contributed by atoms with Gasteiger partial charge in [0.05, 0.1) is 19.8 Å². The van der Waals surface area contributed by atoms with E-state index in [0.717, 1.165) is 57.8 Å². The number of carbonyl (C=O) groups excluding carboxylic acids is 2. The lowest BCUT2D eigenvalue weighted by Crippen LogP contribution is -2.29. The Morgan fingerprint density at radius 2 is 0.948 bits per heavy atom. The predicted octanol–water partition coefficient (Wildman–Crippen LogP) is 12.5. The van der Waals surface area contributed by atoms with Crippen molar-refractivity contribution in [2.24, 2.45) is 0 Å². The van der Waals surface area contributed by atoms with Crippen LogP contribution in [0.5, 0.6) is 0 Å². The van der Waals surface area contributed by atoms with Crippen LogP contribution in [-0.2, 0) is 32.7 Å². The highest BCUT2D eigenvalue weighted by Gasteiger charge is 2.27. The molecule has 0 aromatic rings. The van der Waals surface area contributed by atoms with Crippen LogP contribution < -0.4 is 0 Å². The molecule has 0 amide bonds. The number of hydrogen-bond acceptors (Lipinski definition) is 9. The molecule has 11 heteroatoms. The fourth-order valence-corrected chi connectivity index (χ4v) is 7.09. The molecule has 0 saturated carbocycles. The zero-order valence-electron chi connectivity index (χ0n) is 36.8. The second-order valence-corrected chi connectivity index (χ2v) is 17.0. The third kappa shape index (κ3) is 42.1. The number of unbranched alkanes of at least 4 members (excludes halogenated alkanes) is 24. The van der Waals surface area contributed by atoms with E-state index in [2.05, 4.69) is 26.0 Å². The number of hydrogen-bond donors (Lipinski definition) is 3. The van der Waals surface area contributed by atoms with Gasteiger partial charge in [0.1, 0.15) is 12.7 Å². The van der Waals surface area contributed by atoms with E-state index in [0.29, 0.717) is 12.8 Å². The maximum absolute atomic E-state index is 12.6. The lowest BCUT2D eigenvalue weighted by Gasteiger charge is -2.20. The molecule has 0 heterocycles. The van der Waals surface area contributed by atoms with E-state index < -0.39 is 51.8 Å². The molecule has 1 unspecified atom stereocenters. The molecular weight excluding hydrogens is 755 g/mol. The van der Waals surface area contributed by atoms with E-state index in [4.69, 9.17) is 23.6 Å². The van der Waals surface area contributed by atoms with E-state index in [-0.39, 0.29) is 19.4 Å². The molecular formula is C47H85O10P. The Labute approximate surface area is 353 Å². The topological polar surface area (TPSA) is 149 Å². The molecule has 0 aromatic heterocycles. The molecule has 0 aliphatic rings. The van der Waals surface area contributed by atoms with Crippen LogP contribution in [0.25, 0.3) is 0 Å². The van der Waals surface area contributed by atoms with Gasteiger partial charge < -0.3 is 24.6 Å². The van der Waals surface area contributed by atoms with Crippen LogP contribution in [0.2, 0.25) is 0 Å². The largest absolute Gasteiger partial charge is 0.472 e. The number of rotatable bonds is 43. The van der Waals surface area contributed by atoms with Crippen LogP contribution in [0, 0.1) is 0 Å². The van der Waals surface area contributed by atoms with Gasteiger partial charge in [0.2, 0.25) is 0 Å². The molecule has 0 aliphatic carbocycles. The van der Waals surface area contributed by atoms with Crippen molar-refractivity contribution in [2.45, 2.75) is 212 Å². The highest BCUT2D eigenvalue weighted by molar-refractivity contribution is 7.47.